The summed E-state index contributed by atoms with van der Waals surface area (Å²) in [7, 11) is 3.05. The summed E-state index contributed by atoms with van der Waals surface area (Å²) in [6.07, 6.45) is 2.70. The van der Waals surface area contributed by atoms with Gasteiger partial charge in [0.25, 0.3) is 0 Å². The van der Waals surface area contributed by atoms with Crippen molar-refractivity contribution >= 4 is 41.3 Å². The third-order valence-corrected chi connectivity index (χ3v) is 7.29. The summed E-state index contributed by atoms with van der Waals surface area (Å²) < 4.78 is 15.9. The average molecular weight is 595 g/mol. The maximum absolute atomic E-state index is 13.3. The number of rotatable bonds is 12. The highest BCUT2D eigenvalue weighted by Crippen LogP contribution is 2.26. The van der Waals surface area contributed by atoms with Gasteiger partial charge in [-0.25, -0.2) is 4.79 Å². The Morgan fingerprint density at radius 1 is 1.00 bits per heavy atom. The number of likely N-dealkylation sites (tertiary alicyclic amines) is 1. The number of carbonyl (C=O) groups is 4. The fraction of sp³-hybridized carbons (Fsp3) is 0.655. The molecule has 41 heavy (non-hydrogen) atoms. The summed E-state index contributed by atoms with van der Waals surface area (Å²) >= 11 is 1.59. The number of thioether (sulfide) groups is 1. The third-order valence-electron chi connectivity index (χ3n) is 6.64. The van der Waals surface area contributed by atoms with Gasteiger partial charge in [0.2, 0.25) is 17.7 Å². The lowest BCUT2D eigenvalue weighted by molar-refractivity contribution is -0.138. The highest BCUT2D eigenvalue weighted by Gasteiger charge is 2.34. The van der Waals surface area contributed by atoms with Gasteiger partial charge in [-0.1, -0.05) is 13.8 Å². The van der Waals surface area contributed by atoms with Gasteiger partial charge in [0.15, 0.2) is 0 Å². The molecule has 11 nitrogen and oxygen atoms in total. The predicted molar refractivity (Wildman–Crippen MR) is 160 cm³/mol. The number of benzene rings is 1. The van der Waals surface area contributed by atoms with Crippen LogP contribution < -0.4 is 25.4 Å². The first-order chi connectivity index (χ1) is 19.3. The maximum atomic E-state index is 13.3. The molecule has 1 fully saturated rings. The lowest BCUT2D eigenvalue weighted by Gasteiger charge is -2.34. The Hall–Kier alpha value is -3.15. The highest BCUT2D eigenvalue weighted by molar-refractivity contribution is 7.98. The number of amides is 4. The number of anilines is 1. The molecule has 1 aromatic rings. The van der Waals surface area contributed by atoms with Gasteiger partial charge in [0.1, 0.15) is 29.2 Å². The van der Waals surface area contributed by atoms with Crippen LogP contribution in [-0.4, -0.2) is 85.7 Å². The molecule has 230 valence electrons. The molecule has 1 aliphatic rings. The topological polar surface area (TPSA) is 135 Å². The molecule has 0 aliphatic carbocycles. The molecule has 1 aromatic carbocycles. The minimum atomic E-state index is -0.756. The van der Waals surface area contributed by atoms with Crippen molar-refractivity contribution in [3.8, 4) is 11.5 Å². The average Bonchev–Trinajstić information content (AvgIpc) is 2.91. The number of nitrogens with one attached hydrogen (secondary N) is 3. The molecule has 2 unspecified atom stereocenters. The van der Waals surface area contributed by atoms with E-state index in [9.17, 15) is 19.2 Å². The van der Waals surface area contributed by atoms with E-state index in [2.05, 4.69) is 16.0 Å². The van der Waals surface area contributed by atoms with Crippen molar-refractivity contribution in [3.05, 3.63) is 18.2 Å². The molecule has 4 amide bonds. The van der Waals surface area contributed by atoms with E-state index in [0.29, 0.717) is 55.3 Å². The SMILES string of the molecule is COc1cc(NC(=O)C(NC(=O)C2CCN(C(=O)C(CCSC)NC(=O)OC(C)(C)C)CC2)C(C)C)cc(OC)c1. The first kappa shape index (κ1) is 34.1. The van der Waals surface area contributed by atoms with Crippen LogP contribution in [0.1, 0.15) is 53.9 Å². The van der Waals surface area contributed by atoms with Crippen LogP contribution in [-0.2, 0) is 19.1 Å². The maximum Gasteiger partial charge on any atom is 0.408 e. The molecule has 0 saturated carbocycles. The normalized spacial score (nSPS) is 15.5. The lowest BCUT2D eigenvalue weighted by Crippen LogP contribution is -2.54. The van der Waals surface area contributed by atoms with Crippen molar-refractivity contribution < 1.29 is 33.4 Å². The minimum Gasteiger partial charge on any atom is -0.497 e. The molecule has 0 spiro atoms. The van der Waals surface area contributed by atoms with Gasteiger partial charge in [-0.3, -0.25) is 14.4 Å². The number of hydrogen-bond donors (Lipinski definition) is 3. The van der Waals surface area contributed by atoms with E-state index in [4.69, 9.17) is 14.2 Å². The van der Waals surface area contributed by atoms with Crippen LogP contribution in [0, 0.1) is 11.8 Å². The number of piperidine rings is 1. The largest absolute Gasteiger partial charge is 0.497 e. The zero-order valence-electron chi connectivity index (χ0n) is 25.5. The predicted octanol–water partition coefficient (Wildman–Crippen LogP) is 3.67. The molecule has 1 saturated heterocycles. The summed E-state index contributed by atoms with van der Waals surface area (Å²) in [6, 6.07) is 3.60. The van der Waals surface area contributed by atoms with Crippen LogP contribution in [0.15, 0.2) is 18.2 Å². The molecule has 0 radical (unpaired) electrons. The Labute approximate surface area is 247 Å². The number of carbonyl (C=O) groups excluding carboxylic acids is 4. The first-order valence-corrected chi connectivity index (χ1v) is 15.3. The summed E-state index contributed by atoms with van der Waals surface area (Å²) in [5.41, 5.74) is -0.178. The number of ether oxygens (including phenoxy) is 3. The van der Waals surface area contributed by atoms with Gasteiger partial charge in [-0.05, 0) is 58.0 Å². The fourth-order valence-corrected chi connectivity index (χ4v) is 4.90. The van der Waals surface area contributed by atoms with Crippen LogP contribution in [0.2, 0.25) is 0 Å². The van der Waals surface area contributed by atoms with E-state index >= 15 is 0 Å². The van der Waals surface area contributed by atoms with E-state index in [0.717, 1.165) is 0 Å². The molecule has 3 N–H and O–H groups in total. The zero-order valence-corrected chi connectivity index (χ0v) is 26.3. The molecule has 2 rings (SSSR count). The van der Waals surface area contributed by atoms with Crippen LogP contribution in [0.25, 0.3) is 0 Å². The molecule has 0 bridgehead atoms. The van der Waals surface area contributed by atoms with Crippen LogP contribution in [0.3, 0.4) is 0 Å². The third kappa shape index (κ3) is 11.0. The molecule has 0 aromatic heterocycles. The van der Waals surface area contributed by atoms with Gasteiger partial charge in [-0.15, -0.1) is 0 Å². The van der Waals surface area contributed by atoms with Crippen molar-refractivity contribution in [3.63, 3.8) is 0 Å². The Kier molecular flexibility index (Phi) is 13.1. The molecule has 2 atom stereocenters. The second-order valence-corrected chi connectivity index (χ2v) is 12.4. The van der Waals surface area contributed by atoms with Crippen molar-refractivity contribution in [2.75, 3.05) is 44.6 Å². The lowest BCUT2D eigenvalue weighted by atomic mass is 9.94. The van der Waals surface area contributed by atoms with E-state index < -0.39 is 23.8 Å². The van der Waals surface area contributed by atoms with Gasteiger partial charge < -0.3 is 35.1 Å². The van der Waals surface area contributed by atoms with E-state index in [1.807, 2.05) is 20.1 Å². The quantitative estimate of drug-likeness (QED) is 0.334. The highest BCUT2D eigenvalue weighted by atomic mass is 32.2. The summed E-state index contributed by atoms with van der Waals surface area (Å²) in [5, 5.41) is 8.48. The van der Waals surface area contributed by atoms with E-state index in [1.165, 1.54) is 14.2 Å². The Balaban J connectivity index is 1.99. The Morgan fingerprint density at radius 2 is 1.59 bits per heavy atom. The van der Waals surface area contributed by atoms with Crippen LogP contribution in [0.5, 0.6) is 11.5 Å². The van der Waals surface area contributed by atoms with Crippen molar-refractivity contribution in [1.29, 1.82) is 0 Å². The molecule has 1 heterocycles. The van der Waals surface area contributed by atoms with Gasteiger partial charge in [0.05, 0.1) is 14.2 Å². The molecule has 1 aliphatic heterocycles. The van der Waals surface area contributed by atoms with Gasteiger partial charge in [-0.2, -0.15) is 11.8 Å². The first-order valence-electron chi connectivity index (χ1n) is 13.9. The minimum absolute atomic E-state index is 0.163. The fourth-order valence-electron chi connectivity index (χ4n) is 4.43. The zero-order chi connectivity index (χ0) is 30.7. The second kappa shape index (κ2) is 15.7. The monoisotopic (exact) mass is 594 g/mol. The Bertz CT molecular complexity index is 1030. The summed E-state index contributed by atoms with van der Waals surface area (Å²) in [5.74, 6) is 0.508. The molecular weight excluding hydrogens is 548 g/mol. The van der Waals surface area contributed by atoms with Crippen molar-refractivity contribution in [1.82, 2.24) is 15.5 Å². The second-order valence-electron chi connectivity index (χ2n) is 11.4. The smallest absolute Gasteiger partial charge is 0.408 e. The number of alkyl carbamates (subject to hydrolysis) is 1. The van der Waals surface area contributed by atoms with Crippen molar-refractivity contribution in [2.45, 2.75) is 71.6 Å². The number of nitrogens with zero attached hydrogens (tertiary/aromatic N) is 1. The Morgan fingerprint density at radius 3 is 2.07 bits per heavy atom. The standard InChI is InChI=1S/C29H46N4O7S/c1-18(2)24(26(35)30-20-15-21(38-6)17-22(16-20)39-7)32-25(34)19-9-12-33(13-10-19)27(36)23(11-14-41-8)31-28(37)40-29(3,4)5/h15-19,23-24H,9-14H2,1-8H3,(H,30,35)(H,31,37)(H,32,34). The van der Waals surface area contributed by atoms with E-state index in [1.54, 1.807) is 55.6 Å². The number of hydrogen-bond acceptors (Lipinski definition) is 8. The number of methoxy groups -OCH3 is 2. The van der Waals surface area contributed by atoms with Crippen molar-refractivity contribution in [2.24, 2.45) is 11.8 Å². The molecular formula is C29H46N4O7S. The summed E-state index contributed by atoms with van der Waals surface area (Å²) in [4.78, 5) is 53.6. The summed E-state index contributed by atoms with van der Waals surface area (Å²) in [6.45, 7) is 9.80. The van der Waals surface area contributed by atoms with Crippen LogP contribution in [0.4, 0.5) is 10.5 Å². The van der Waals surface area contributed by atoms with Gasteiger partial charge >= 0.3 is 6.09 Å². The van der Waals surface area contributed by atoms with Crippen LogP contribution >= 0.6 is 11.8 Å². The van der Waals surface area contributed by atoms with Gasteiger partial charge in [0, 0.05) is 42.9 Å². The molecule has 12 heteroatoms. The van der Waals surface area contributed by atoms with E-state index in [-0.39, 0.29) is 29.6 Å².